The van der Waals surface area contributed by atoms with Gasteiger partial charge in [0.1, 0.15) is 0 Å². The quantitative estimate of drug-likeness (QED) is 0.216. The van der Waals surface area contributed by atoms with E-state index in [2.05, 4.69) is 41.5 Å². The largest absolute Gasteiger partial charge is 0.404 e. The van der Waals surface area contributed by atoms with Crippen molar-refractivity contribution in [3.8, 4) is 0 Å². The zero-order chi connectivity index (χ0) is 23.2. The number of hydrogen-bond acceptors (Lipinski definition) is 6. The van der Waals surface area contributed by atoms with Crippen LogP contribution in [0.15, 0.2) is 0 Å². The first-order valence-electron chi connectivity index (χ1n) is 12.0. The van der Waals surface area contributed by atoms with Crippen LogP contribution in [0.1, 0.15) is 88.0 Å². The van der Waals surface area contributed by atoms with Crippen molar-refractivity contribution in [3.05, 3.63) is 0 Å². The predicted molar refractivity (Wildman–Crippen MR) is 127 cm³/mol. The number of hydrogen-bond donors (Lipinski definition) is 1. The van der Waals surface area contributed by atoms with Gasteiger partial charge in [0.2, 0.25) is 0 Å². The Labute approximate surface area is 188 Å². The molecule has 0 radical (unpaired) electrons. The van der Waals surface area contributed by atoms with Gasteiger partial charge in [-0.05, 0) is 76.8 Å². The van der Waals surface area contributed by atoms with Crippen molar-refractivity contribution in [2.24, 2.45) is 23.5 Å². The molecule has 0 aromatic heterocycles. The van der Waals surface area contributed by atoms with Gasteiger partial charge in [0, 0.05) is 0 Å². The molecule has 0 fully saturated rings. The Balaban J connectivity index is 5.93. The van der Waals surface area contributed by atoms with Crippen molar-refractivity contribution in [3.63, 3.8) is 0 Å². The van der Waals surface area contributed by atoms with Crippen LogP contribution in [0.25, 0.3) is 0 Å². The van der Waals surface area contributed by atoms with Gasteiger partial charge in [-0.25, -0.2) is 0 Å². The Morgan fingerprint density at radius 2 is 1.10 bits per heavy atom. The smallest absolute Gasteiger partial charge is 0.390 e. The second-order valence-corrected chi connectivity index (χ2v) is 11.3. The highest BCUT2D eigenvalue weighted by Gasteiger charge is 2.43. The van der Waals surface area contributed by atoms with Crippen molar-refractivity contribution >= 4 is 9.28 Å². The minimum Gasteiger partial charge on any atom is -0.390 e. The van der Waals surface area contributed by atoms with E-state index in [0.717, 1.165) is 31.7 Å². The average molecular weight is 450 g/mol. The normalized spacial score (nSPS) is 14.3. The molecule has 182 valence electrons. The van der Waals surface area contributed by atoms with Crippen LogP contribution in [-0.2, 0) is 23.1 Å². The Bertz CT molecular complexity index is 377. The zero-order valence-corrected chi connectivity index (χ0v) is 22.4. The molecule has 0 saturated carbocycles. The fourth-order valence-electron chi connectivity index (χ4n) is 4.25. The Morgan fingerprint density at radius 3 is 1.40 bits per heavy atom. The van der Waals surface area contributed by atoms with E-state index < -0.39 is 15.4 Å². The van der Waals surface area contributed by atoms with Gasteiger partial charge >= 0.3 is 15.4 Å². The van der Waals surface area contributed by atoms with E-state index in [4.69, 9.17) is 28.8 Å². The maximum Gasteiger partial charge on any atom is 0.404 e. The van der Waals surface area contributed by atoms with Gasteiger partial charge in [-0.1, -0.05) is 41.5 Å². The van der Waals surface area contributed by atoms with E-state index in [1.807, 2.05) is 20.8 Å². The first-order valence-corrected chi connectivity index (χ1v) is 13.8. The highest BCUT2D eigenvalue weighted by Crippen LogP contribution is 2.37. The van der Waals surface area contributed by atoms with E-state index in [9.17, 15) is 0 Å². The van der Waals surface area contributed by atoms with Gasteiger partial charge in [0.05, 0.1) is 25.4 Å². The summed E-state index contributed by atoms with van der Waals surface area (Å²) < 4.78 is 31.0. The first-order chi connectivity index (χ1) is 14.1. The molecule has 0 aliphatic rings. The van der Waals surface area contributed by atoms with Crippen LogP contribution in [0.4, 0.5) is 0 Å². The average Bonchev–Trinajstić information content (AvgIpc) is 2.58. The molecule has 6 nitrogen and oxygen atoms in total. The molecule has 0 aromatic rings. The molecule has 0 aliphatic heterocycles. The van der Waals surface area contributed by atoms with Crippen molar-refractivity contribution in [1.29, 1.82) is 0 Å². The zero-order valence-electron chi connectivity index (χ0n) is 21.3. The summed E-state index contributed by atoms with van der Waals surface area (Å²) in [5, 5.41) is 0. The van der Waals surface area contributed by atoms with Crippen LogP contribution in [0.5, 0.6) is 0 Å². The molecule has 7 heteroatoms. The minimum atomic E-state index is -2.23. The van der Waals surface area contributed by atoms with Gasteiger partial charge in [-0.3, -0.25) is 0 Å². The summed E-state index contributed by atoms with van der Waals surface area (Å²) in [6, 6.07) is 0.793. The molecule has 0 heterocycles. The third kappa shape index (κ3) is 12.1. The number of nitrogens with two attached hydrogens (primary N) is 1. The molecule has 0 saturated heterocycles. The molecule has 0 spiro atoms. The fraction of sp³-hybridized carbons (Fsp3) is 1.00. The highest BCUT2D eigenvalue weighted by molar-refractivity contribution is 6.44. The van der Waals surface area contributed by atoms with Crippen LogP contribution < -0.4 is 5.73 Å². The lowest BCUT2D eigenvalue weighted by atomic mass is 9.79. The van der Waals surface area contributed by atoms with Crippen molar-refractivity contribution in [2.75, 3.05) is 26.4 Å². The highest BCUT2D eigenvalue weighted by atomic mass is 28.3. The summed E-state index contributed by atoms with van der Waals surface area (Å²) in [5.74, 6) is 1.59. The molecule has 0 amide bonds. The van der Waals surface area contributed by atoms with Gasteiger partial charge in [-0.15, -0.1) is 0 Å². The molecule has 30 heavy (non-hydrogen) atoms. The summed E-state index contributed by atoms with van der Waals surface area (Å²) in [7, 11) is -2.23. The SMILES string of the molecule is CCOC(OCC)(OCC)O[SiH](CCCN)OC(CC(C)C)(CC(C)C)CC(C)C. The minimum absolute atomic E-state index is 0.224. The molecule has 1 atom stereocenters. The number of rotatable bonds is 19. The predicted octanol–water partition coefficient (Wildman–Crippen LogP) is 5.19. The topological polar surface area (TPSA) is 72.2 Å². The second kappa shape index (κ2) is 15.7. The molecule has 0 aliphatic carbocycles. The molecule has 2 N–H and O–H groups in total. The molecule has 0 rings (SSSR count). The lowest BCUT2D eigenvalue weighted by molar-refractivity contribution is -0.474. The van der Waals surface area contributed by atoms with Gasteiger partial charge < -0.3 is 28.8 Å². The van der Waals surface area contributed by atoms with Gasteiger partial charge in [-0.2, -0.15) is 0 Å². The monoisotopic (exact) mass is 449 g/mol. The number of ether oxygens (including phenoxy) is 3. The summed E-state index contributed by atoms with van der Waals surface area (Å²) in [6.45, 7) is 21.2. The third-order valence-electron chi connectivity index (χ3n) is 4.61. The lowest BCUT2D eigenvalue weighted by Gasteiger charge is -2.43. The molecular formula is C23H51NO5Si. The molecule has 0 aromatic carbocycles. The van der Waals surface area contributed by atoms with Crippen molar-refractivity contribution in [1.82, 2.24) is 0 Å². The lowest BCUT2D eigenvalue weighted by Crippen LogP contribution is -2.51. The van der Waals surface area contributed by atoms with Crippen molar-refractivity contribution < 1.29 is 23.1 Å². The van der Waals surface area contributed by atoms with E-state index >= 15 is 0 Å². The van der Waals surface area contributed by atoms with Crippen molar-refractivity contribution in [2.45, 2.75) is 106 Å². The maximum atomic E-state index is 6.99. The van der Waals surface area contributed by atoms with Crippen LogP contribution in [-0.4, -0.2) is 47.4 Å². The Morgan fingerprint density at radius 1 is 0.700 bits per heavy atom. The van der Waals surface area contributed by atoms with Crippen LogP contribution in [0.3, 0.4) is 0 Å². The maximum absolute atomic E-state index is 6.99. The Kier molecular flexibility index (Phi) is 15.7. The standard InChI is InChI=1S/C23H51NO5Si/c1-10-25-23(26-11-2,27-12-3)29-30(15-13-14-24)28-22(16-19(4)5,17-20(6)7)18-21(8)9/h19-21,30H,10-18,24H2,1-9H3. The second-order valence-electron chi connectivity index (χ2n) is 9.37. The first kappa shape index (κ1) is 30.0. The van der Waals surface area contributed by atoms with E-state index in [0.29, 0.717) is 44.1 Å². The summed E-state index contributed by atoms with van der Waals surface area (Å²) in [4.78, 5) is 0. The van der Waals surface area contributed by atoms with E-state index in [-0.39, 0.29) is 5.60 Å². The van der Waals surface area contributed by atoms with Crippen LogP contribution in [0.2, 0.25) is 6.04 Å². The van der Waals surface area contributed by atoms with Gasteiger partial charge in [0.25, 0.3) is 0 Å². The molecule has 0 bridgehead atoms. The van der Waals surface area contributed by atoms with Crippen LogP contribution in [0, 0.1) is 17.8 Å². The van der Waals surface area contributed by atoms with Gasteiger partial charge in [0.15, 0.2) is 0 Å². The summed E-state index contributed by atoms with van der Waals surface area (Å²) >= 11 is 0. The summed E-state index contributed by atoms with van der Waals surface area (Å²) in [5.41, 5.74) is 5.62. The Hall–Kier alpha value is -0.0231. The van der Waals surface area contributed by atoms with Crippen LogP contribution >= 0.6 is 0 Å². The summed E-state index contributed by atoms with van der Waals surface area (Å²) in [6.07, 6.45) is 2.36. The van der Waals surface area contributed by atoms with E-state index in [1.54, 1.807) is 0 Å². The third-order valence-corrected chi connectivity index (χ3v) is 6.80. The molecule has 1 unspecified atom stereocenters. The fourth-order valence-corrected chi connectivity index (χ4v) is 6.48. The van der Waals surface area contributed by atoms with E-state index in [1.165, 1.54) is 0 Å². The molecular weight excluding hydrogens is 398 g/mol.